The number of carbonyl (C=O) groups is 1. The van der Waals surface area contributed by atoms with Gasteiger partial charge in [-0.15, -0.1) is 0 Å². The maximum atomic E-state index is 11.8. The van der Waals surface area contributed by atoms with Gasteiger partial charge in [-0.25, -0.2) is 4.79 Å². The number of hydrogen-bond donors (Lipinski definition) is 3. The first-order chi connectivity index (χ1) is 9.34. The molecule has 1 atom stereocenters. The van der Waals surface area contributed by atoms with Gasteiger partial charge >= 0.3 is 6.03 Å². The van der Waals surface area contributed by atoms with Crippen LogP contribution in [0, 0.1) is 5.41 Å². The lowest BCUT2D eigenvalue weighted by atomic mass is 9.89. The monoisotopic (exact) mass is 280 g/mol. The normalized spacial score (nSPS) is 12.8. The Labute approximate surface area is 120 Å². The van der Waals surface area contributed by atoms with Crippen molar-refractivity contribution < 1.29 is 14.6 Å². The standard InChI is InChI=1S/C15H24N2O3/c1-15(2,3)13(18)9-16-14(19)17-12-8-6-5-7-11(12)10-20-4/h5-8,13,18H,9-10H2,1-4H3,(H2,16,17,19). The first-order valence-electron chi connectivity index (χ1n) is 6.64. The van der Waals surface area contributed by atoms with E-state index in [0.717, 1.165) is 5.56 Å². The summed E-state index contributed by atoms with van der Waals surface area (Å²) in [6, 6.07) is 7.11. The Bertz CT molecular complexity index is 441. The van der Waals surface area contributed by atoms with Crippen molar-refractivity contribution in [2.24, 2.45) is 5.41 Å². The smallest absolute Gasteiger partial charge is 0.319 e. The number of aliphatic hydroxyl groups is 1. The molecule has 0 spiro atoms. The highest BCUT2D eigenvalue weighted by molar-refractivity contribution is 5.90. The van der Waals surface area contributed by atoms with Crippen LogP contribution in [0.4, 0.5) is 10.5 Å². The van der Waals surface area contributed by atoms with Crippen molar-refractivity contribution in [3.8, 4) is 0 Å². The lowest BCUT2D eigenvalue weighted by Crippen LogP contribution is -2.41. The third-order valence-corrected chi connectivity index (χ3v) is 3.02. The molecular formula is C15H24N2O3. The number of benzene rings is 1. The fraction of sp³-hybridized carbons (Fsp3) is 0.533. The third-order valence-electron chi connectivity index (χ3n) is 3.02. The van der Waals surface area contributed by atoms with Gasteiger partial charge in [0.1, 0.15) is 0 Å². The van der Waals surface area contributed by atoms with Gasteiger partial charge in [0.05, 0.1) is 12.7 Å². The second-order valence-electron chi connectivity index (χ2n) is 5.81. The fourth-order valence-corrected chi connectivity index (χ4v) is 1.59. The quantitative estimate of drug-likeness (QED) is 0.775. The summed E-state index contributed by atoms with van der Waals surface area (Å²) in [5, 5.41) is 15.3. The molecule has 0 aliphatic heterocycles. The summed E-state index contributed by atoms with van der Waals surface area (Å²) in [6.45, 7) is 6.41. The third kappa shape index (κ3) is 5.19. The topological polar surface area (TPSA) is 70.6 Å². The van der Waals surface area contributed by atoms with Crippen LogP contribution in [0.25, 0.3) is 0 Å². The van der Waals surface area contributed by atoms with Gasteiger partial charge in [-0.2, -0.15) is 0 Å². The van der Waals surface area contributed by atoms with Crippen molar-refractivity contribution in [2.75, 3.05) is 19.0 Å². The maximum absolute atomic E-state index is 11.8. The van der Waals surface area contributed by atoms with Crippen LogP contribution in [0.2, 0.25) is 0 Å². The van der Waals surface area contributed by atoms with E-state index in [4.69, 9.17) is 4.74 Å². The van der Waals surface area contributed by atoms with Crippen LogP contribution in [-0.2, 0) is 11.3 Å². The molecule has 0 fully saturated rings. The van der Waals surface area contributed by atoms with Gasteiger partial charge < -0.3 is 20.5 Å². The van der Waals surface area contributed by atoms with E-state index in [9.17, 15) is 9.90 Å². The molecule has 0 heterocycles. The van der Waals surface area contributed by atoms with E-state index < -0.39 is 6.10 Å². The Kier molecular flexibility index (Phi) is 5.98. The van der Waals surface area contributed by atoms with Gasteiger partial charge in [0.2, 0.25) is 0 Å². The molecule has 0 aromatic heterocycles. The number of anilines is 1. The molecule has 3 N–H and O–H groups in total. The largest absolute Gasteiger partial charge is 0.391 e. The molecule has 0 saturated heterocycles. The van der Waals surface area contributed by atoms with Gasteiger partial charge in [0, 0.05) is 24.9 Å². The van der Waals surface area contributed by atoms with Crippen LogP contribution in [0.15, 0.2) is 24.3 Å². The van der Waals surface area contributed by atoms with Gasteiger partial charge in [-0.05, 0) is 11.5 Å². The van der Waals surface area contributed by atoms with Gasteiger partial charge in [0.15, 0.2) is 0 Å². The van der Waals surface area contributed by atoms with Gasteiger partial charge in [-0.1, -0.05) is 39.0 Å². The van der Waals surface area contributed by atoms with Crippen molar-refractivity contribution in [2.45, 2.75) is 33.5 Å². The Morgan fingerprint density at radius 2 is 2.00 bits per heavy atom. The number of urea groups is 1. The van der Waals surface area contributed by atoms with E-state index in [2.05, 4.69) is 10.6 Å². The second-order valence-corrected chi connectivity index (χ2v) is 5.81. The molecule has 0 radical (unpaired) electrons. The summed E-state index contributed by atoms with van der Waals surface area (Å²) in [7, 11) is 1.61. The van der Waals surface area contributed by atoms with E-state index in [1.807, 2.05) is 45.0 Å². The summed E-state index contributed by atoms with van der Waals surface area (Å²) in [4.78, 5) is 11.8. The molecule has 20 heavy (non-hydrogen) atoms. The molecular weight excluding hydrogens is 256 g/mol. The van der Waals surface area contributed by atoms with E-state index in [1.54, 1.807) is 7.11 Å². The Hall–Kier alpha value is -1.59. The zero-order valence-electron chi connectivity index (χ0n) is 12.6. The maximum Gasteiger partial charge on any atom is 0.319 e. The van der Waals surface area contributed by atoms with Crippen LogP contribution >= 0.6 is 0 Å². The summed E-state index contributed by atoms with van der Waals surface area (Å²) in [6.07, 6.45) is -0.595. The molecule has 0 bridgehead atoms. The highest BCUT2D eigenvalue weighted by atomic mass is 16.5. The van der Waals surface area contributed by atoms with Crippen molar-refractivity contribution in [3.05, 3.63) is 29.8 Å². The van der Waals surface area contributed by atoms with Crippen molar-refractivity contribution >= 4 is 11.7 Å². The predicted molar refractivity (Wildman–Crippen MR) is 79.6 cm³/mol. The molecule has 5 heteroatoms. The van der Waals surface area contributed by atoms with Crippen molar-refractivity contribution in [1.82, 2.24) is 5.32 Å². The van der Waals surface area contributed by atoms with Crippen LogP contribution < -0.4 is 10.6 Å². The average Bonchev–Trinajstić information content (AvgIpc) is 2.37. The number of para-hydroxylation sites is 1. The zero-order valence-corrected chi connectivity index (χ0v) is 12.6. The number of amides is 2. The first-order valence-corrected chi connectivity index (χ1v) is 6.64. The summed E-state index contributed by atoms with van der Waals surface area (Å²) in [5.74, 6) is 0. The Morgan fingerprint density at radius 3 is 2.60 bits per heavy atom. The Morgan fingerprint density at radius 1 is 1.35 bits per heavy atom. The number of carbonyl (C=O) groups excluding carboxylic acids is 1. The number of aliphatic hydroxyl groups excluding tert-OH is 1. The number of ether oxygens (including phenoxy) is 1. The molecule has 1 rings (SSSR count). The van der Waals surface area contributed by atoms with Crippen LogP contribution in [0.3, 0.4) is 0 Å². The van der Waals surface area contributed by atoms with Crippen molar-refractivity contribution in [3.63, 3.8) is 0 Å². The summed E-state index contributed by atoms with van der Waals surface area (Å²) < 4.78 is 5.08. The van der Waals surface area contributed by atoms with E-state index in [-0.39, 0.29) is 18.0 Å². The first kappa shape index (κ1) is 16.5. The van der Waals surface area contributed by atoms with Crippen LogP contribution in [-0.4, -0.2) is 30.9 Å². The molecule has 112 valence electrons. The minimum absolute atomic E-state index is 0.210. The highest BCUT2D eigenvalue weighted by Gasteiger charge is 2.22. The van der Waals surface area contributed by atoms with Crippen molar-refractivity contribution in [1.29, 1.82) is 0 Å². The molecule has 0 aliphatic carbocycles. The minimum atomic E-state index is -0.595. The number of hydrogen-bond acceptors (Lipinski definition) is 3. The highest BCUT2D eigenvalue weighted by Crippen LogP contribution is 2.18. The number of methoxy groups -OCH3 is 1. The van der Waals surface area contributed by atoms with E-state index in [1.165, 1.54) is 0 Å². The lowest BCUT2D eigenvalue weighted by molar-refractivity contribution is 0.0654. The molecule has 0 aliphatic rings. The van der Waals surface area contributed by atoms with Gasteiger partial charge in [-0.3, -0.25) is 0 Å². The molecule has 1 aromatic rings. The minimum Gasteiger partial charge on any atom is -0.391 e. The molecule has 0 saturated carbocycles. The lowest BCUT2D eigenvalue weighted by Gasteiger charge is -2.26. The molecule has 1 aromatic carbocycles. The van der Waals surface area contributed by atoms with E-state index in [0.29, 0.717) is 12.3 Å². The zero-order chi connectivity index (χ0) is 15.2. The molecule has 5 nitrogen and oxygen atoms in total. The van der Waals surface area contributed by atoms with Gasteiger partial charge in [0.25, 0.3) is 0 Å². The molecule has 1 unspecified atom stereocenters. The number of nitrogens with one attached hydrogen (secondary N) is 2. The van der Waals surface area contributed by atoms with Crippen LogP contribution in [0.1, 0.15) is 26.3 Å². The predicted octanol–water partition coefficient (Wildman–Crippen LogP) is 2.36. The van der Waals surface area contributed by atoms with Crippen LogP contribution in [0.5, 0.6) is 0 Å². The SMILES string of the molecule is COCc1ccccc1NC(=O)NCC(O)C(C)(C)C. The Balaban J connectivity index is 2.55. The van der Waals surface area contributed by atoms with E-state index >= 15 is 0 Å². The average molecular weight is 280 g/mol. The second kappa shape index (κ2) is 7.26. The summed E-state index contributed by atoms with van der Waals surface area (Å²) >= 11 is 0. The molecule has 2 amide bonds. The number of rotatable bonds is 5. The summed E-state index contributed by atoms with van der Waals surface area (Å²) in [5.41, 5.74) is 1.35. The fourth-order valence-electron chi connectivity index (χ4n) is 1.59.